The Labute approximate surface area is 410 Å². The molecule has 0 radical (unpaired) electrons. The first-order chi connectivity index (χ1) is 31.2. The molecular weight excluding hydrogens is 1050 g/mol. The minimum Gasteiger partial charge on any atom is -0.506 e. The maximum atomic E-state index is 14.6. The Hall–Kier alpha value is -5.87. The minimum absolute atomic E-state index is 0.0155. The summed E-state index contributed by atoms with van der Waals surface area (Å²) in [6, 6.07) is 12.6. The Balaban J connectivity index is 0.000000250. The van der Waals surface area contributed by atoms with E-state index in [4.69, 9.17) is 87.5 Å². The van der Waals surface area contributed by atoms with Gasteiger partial charge in [-0.1, -0.05) is 69.6 Å². The lowest BCUT2D eigenvalue weighted by atomic mass is 10.0. The molecular formula is C42H27Cl6F3N6O8S2. The van der Waals surface area contributed by atoms with Crippen molar-refractivity contribution in [2.24, 2.45) is 0 Å². The summed E-state index contributed by atoms with van der Waals surface area (Å²) in [7, 11) is -7.77. The molecule has 348 valence electrons. The molecule has 0 aliphatic heterocycles. The monoisotopic (exact) mass is 1070 g/mol. The summed E-state index contributed by atoms with van der Waals surface area (Å²) in [6.07, 6.45) is 3.86. The van der Waals surface area contributed by atoms with Crippen molar-refractivity contribution in [1.82, 2.24) is 19.4 Å². The van der Waals surface area contributed by atoms with Crippen LogP contribution in [0.25, 0.3) is 31.9 Å². The molecule has 0 saturated carbocycles. The van der Waals surface area contributed by atoms with Crippen molar-refractivity contribution >= 4 is 113 Å². The van der Waals surface area contributed by atoms with Gasteiger partial charge in [-0.3, -0.25) is 9.59 Å². The normalized spacial score (nSPS) is 10.9. The van der Waals surface area contributed by atoms with Crippen molar-refractivity contribution in [3.63, 3.8) is 0 Å². The van der Waals surface area contributed by atoms with Gasteiger partial charge in [-0.05, 0) is 85.6 Å². The summed E-state index contributed by atoms with van der Waals surface area (Å²) in [6.45, 7) is 17.7. The summed E-state index contributed by atoms with van der Waals surface area (Å²) < 4.78 is 95.5. The van der Waals surface area contributed by atoms with Crippen LogP contribution in [-0.4, -0.2) is 56.2 Å². The molecule has 0 atom stereocenters. The molecule has 25 heteroatoms. The van der Waals surface area contributed by atoms with Crippen LogP contribution < -0.4 is 14.2 Å². The van der Waals surface area contributed by atoms with Gasteiger partial charge in [-0.2, -0.15) is 4.39 Å². The lowest BCUT2D eigenvalue weighted by molar-refractivity contribution is 0.0968. The van der Waals surface area contributed by atoms with Crippen molar-refractivity contribution in [2.75, 3.05) is 12.5 Å². The molecule has 0 unspecified atom stereocenters. The Morgan fingerprint density at radius 2 is 1.04 bits per heavy atom. The van der Waals surface area contributed by atoms with Gasteiger partial charge in [0.2, 0.25) is 43.2 Å². The minimum atomic E-state index is -3.90. The number of pyridine rings is 2. The predicted octanol–water partition coefficient (Wildman–Crippen LogP) is 12.1. The van der Waals surface area contributed by atoms with Crippen molar-refractivity contribution in [2.45, 2.75) is 13.8 Å². The Kier molecular flexibility index (Phi) is 17.9. The maximum Gasteiger partial charge on any atom is 0.267 e. The van der Waals surface area contributed by atoms with Crippen LogP contribution in [0, 0.1) is 44.6 Å². The summed E-state index contributed by atoms with van der Waals surface area (Å²) in [5.74, 6) is -5.13. The molecule has 14 nitrogen and oxygen atoms in total. The van der Waals surface area contributed by atoms with Crippen molar-refractivity contribution < 1.29 is 49.4 Å². The smallest absolute Gasteiger partial charge is 0.267 e. The van der Waals surface area contributed by atoms with Crippen molar-refractivity contribution in [3.05, 3.63) is 166 Å². The quantitative estimate of drug-likeness (QED) is 0.0976. The number of hydrogen-bond donors (Lipinski definition) is 3. The number of phenols is 1. The predicted molar refractivity (Wildman–Crippen MR) is 251 cm³/mol. The molecule has 0 bridgehead atoms. The van der Waals surface area contributed by atoms with E-state index in [1.165, 1.54) is 12.3 Å². The van der Waals surface area contributed by atoms with E-state index in [9.17, 15) is 44.7 Å². The zero-order valence-corrected chi connectivity index (χ0v) is 40.4. The molecule has 67 heavy (non-hydrogen) atoms. The number of nitrogens with zero attached hydrogens (tertiary/aromatic N) is 4. The molecule has 2 heterocycles. The highest BCUT2D eigenvalue weighted by atomic mass is 35.5. The van der Waals surface area contributed by atoms with Gasteiger partial charge < -0.3 is 9.84 Å². The van der Waals surface area contributed by atoms with Gasteiger partial charge in [0.15, 0.2) is 5.75 Å². The highest BCUT2D eigenvalue weighted by Gasteiger charge is 2.22. The van der Waals surface area contributed by atoms with E-state index < -0.39 is 60.6 Å². The van der Waals surface area contributed by atoms with Crippen LogP contribution in [0.4, 0.5) is 24.5 Å². The van der Waals surface area contributed by atoms with Crippen LogP contribution in [0.3, 0.4) is 0 Å². The topological polar surface area (TPSA) is 190 Å². The third-order valence-corrected chi connectivity index (χ3v) is 11.6. The number of amides is 2. The second-order valence-electron chi connectivity index (χ2n) is 13.4. The summed E-state index contributed by atoms with van der Waals surface area (Å²) in [5, 5.41) is 10.6. The number of carbonyl (C=O) groups is 2. The van der Waals surface area contributed by atoms with Crippen LogP contribution in [-0.2, 0) is 20.0 Å². The van der Waals surface area contributed by atoms with Gasteiger partial charge in [0.25, 0.3) is 11.8 Å². The van der Waals surface area contributed by atoms with Crippen LogP contribution in [0.2, 0.25) is 30.1 Å². The summed E-state index contributed by atoms with van der Waals surface area (Å²) in [5.41, 5.74) is 0.290. The molecule has 0 aliphatic rings. The molecule has 4 aromatic carbocycles. The number of aromatic hydroxyl groups is 1. The molecule has 3 N–H and O–H groups in total. The maximum absolute atomic E-state index is 14.6. The van der Waals surface area contributed by atoms with Crippen LogP contribution in [0.1, 0.15) is 31.8 Å². The highest BCUT2D eigenvalue weighted by molar-refractivity contribution is 7.89. The first kappa shape index (κ1) is 53.7. The van der Waals surface area contributed by atoms with Crippen molar-refractivity contribution in [1.29, 1.82) is 0 Å². The number of aromatic nitrogens is 2. The first-order valence-corrected chi connectivity index (χ1v) is 23.9. The van der Waals surface area contributed by atoms with Gasteiger partial charge in [-0.25, -0.2) is 54.7 Å². The third kappa shape index (κ3) is 14.1. The fourth-order valence-electron chi connectivity index (χ4n) is 5.24. The molecule has 6 aromatic rings. The van der Waals surface area contributed by atoms with Crippen molar-refractivity contribution in [3.8, 4) is 39.6 Å². The van der Waals surface area contributed by atoms with E-state index in [-0.39, 0.29) is 66.1 Å². The van der Waals surface area contributed by atoms with E-state index >= 15 is 0 Å². The molecule has 6 rings (SSSR count). The SMILES string of the molecule is Cc1c(Cl)ccc(Cl)c1O.[C-]#[N+]c1cc(-c2cc(F)c(C(=O)NS(C)(=O)=O)cc2Cl)cnc1F.[C-]#[N+]c1cc(-c2cc(F)c(C(=O)NS(C)(=O)=O)cc2Cl)cnc1Oc1c(Cl)ccc(Cl)c1C. The zero-order chi connectivity index (χ0) is 50.3. The lowest BCUT2D eigenvalue weighted by Crippen LogP contribution is -2.30. The molecule has 0 saturated heterocycles. The highest BCUT2D eigenvalue weighted by Crippen LogP contribution is 2.41. The number of nitrogens with one attached hydrogen (secondary N) is 2. The summed E-state index contributed by atoms with van der Waals surface area (Å²) in [4.78, 5) is 37.6. The number of benzene rings is 4. The van der Waals surface area contributed by atoms with E-state index in [1.54, 1.807) is 47.6 Å². The molecule has 0 fully saturated rings. The molecule has 0 spiro atoms. The van der Waals surface area contributed by atoms with Gasteiger partial charge in [0.05, 0.1) is 46.8 Å². The first-order valence-electron chi connectivity index (χ1n) is 17.9. The second-order valence-corrected chi connectivity index (χ2v) is 19.4. The fraction of sp³-hybridized carbons (Fsp3) is 0.0952. The standard InChI is InChI=1S/C21H13Cl3FN3O4S.C14H8ClF2N3O3S.C7H6Cl2O/c1-10-14(22)4-5-15(23)19(10)32-21-18(26-2)6-11(9-27-21)12-8-17(25)13(7-16(12)24)20(29)28-33(3,30)31;1-18-12-3-7(6-19-13(12)17)8-5-11(16)9(4-10(8)15)14(21)20-24(2,22)23;1-4-5(8)2-3-6(9)7(4)10/h4-9H,1,3H3,(H,28,29);3-6H,2H3,(H,20,21);2-3,10H,1H3. The average Bonchev–Trinajstić information content (AvgIpc) is 3.25. The Morgan fingerprint density at radius 3 is 1.49 bits per heavy atom. The average molecular weight is 1080 g/mol. The number of halogens is 9. The number of hydrogen-bond acceptors (Lipinski definition) is 10. The Morgan fingerprint density at radius 1 is 0.627 bits per heavy atom. The van der Waals surface area contributed by atoms with E-state index in [0.717, 1.165) is 49.0 Å². The third-order valence-electron chi connectivity index (χ3n) is 8.48. The number of carbonyl (C=O) groups excluding carboxylic acids is 2. The van der Waals surface area contributed by atoms with Gasteiger partial charge in [0.1, 0.15) is 17.4 Å². The van der Waals surface area contributed by atoms with E-state index in [2.05, 4.69) is 19.7 Å². The number of phenolic OH excluding ortho intramolecular Hbond substituents is 1. The van der Waals surface area contributed by atoms with Crippen LogP contribution in [0.5, 0.6) is 17.4 Å². The second kappa shape index (κ2) is 22.3. The van der Waals surface area contributed by atoms with E-state index in [1.807, 2.05) is 0 Å². The molecule has 0 aliphatic carbocycles. The molecule has 2 amide bonds. The van der Waals surface area contributed by atoms with Gasteiger partial charge in [-0.15, -0.1) is 0 Å². The fourth-order valence-corrected chi connectivity index (χ4v) is 7.43. The van der Waals surface area contributed by atoms with Gasteiger partial charge in [0, 0.05) is 54.7 Å². The number of ether oxygens (including phenoxy) is 1. The zero-order valence-electron chi connectivity index (χ0n) is 34.2. The van der Waals surface area contributed by atoms with E-state index in [0.29, 0.717) is 26.2 Å². The molecule has 2 aromatic heterocycles. The number of sulfonamides is 2. The largest absolute Gasteiger partial charge is 0.506 e. The summed E-state index contributed by atoms with van der Waals surface area (Å²) >= 11 is 35.7. The Bertz CT molecular complexity index is 3280. The van der Waals surface area contributed by atoms with Crippen LogP contribution in [0.15, 0.2) is 73.1 Å². The van der Waals surface area contributed by atoms with Gasteiger partial charge >= 0.3 is 0 Å². The van der Waals surface area contributed by atoms with Crippen LogP contribution >= 0.6 is 69.6 Å². The lowest BCUT2D eigenvalue weighted by Gasteiger charge is -2.13. The number of rotatable bonds is 8.